The molecule has 2 N–H and O–H groups in total. The summed E-state index contributed by atoms with van der Waals surface area (Å²) < 4.78 is 37.0. The van der Waals surface area contributed by atoms with Crippen LogP contribution in [0, 0.1) is 12.3 Å². The Balaban J connectivity index is 2.01. The third-order valence-electron chi connectivity index (χ3n) is 4.86. The summed E-state index contributed by atoms with van der Waals surface area (Å²) in [5.41, 5.74) is -3.02. The number of fused-ring (bicyclic) bond motifs is 2. The molecule has 0 amide bonds. The van der Waals surface area contributed by atoms with Crippen molar-refractivity contribution in [1.29, 1.82) is 0 Å². The van der Waals surface area contributed by atoms with Crippen molar-refractivity contribution in [1.82, 2.24) is 9.55 Å². The van der Waals surface area contributed by atoms with Gasteiger partial charge in [-0.25, -0.2) is 9.36 Å². The quantitative estimate of drug-likeness (QED) is 0.659. The summed E-state index contributed by atoms with van der Waals surface area (Å²) in [4.78, 5) is 36.8. The summed E-state index contributed by atoms with van der Waals surface area (Å²) in [7, 11) is -4.46. The molecule has 5 atom stereocenters. The van der Waals surface area contributed by atoms with Gasteiger partial charge in [0.15, 0.2) is 6.23 Å². The SMILES string of the molecule is Cc1cn([C@@H]2O[C@@]3(CC(C)(C)C)CO[C@H]2C3OP(=O)(O)OC(C)(C)C)c(=O)[nH]c1=O. The Morgan fingerprint density at radius 2 is 1.93 bits per heavy atom. The van der Waals surface area contributed by atoms with Crippen molar-refractivity contribution in [2.24, 2.45) is 5.41 Å². The van der Waals surface area contributed by atoms with E-state index >= 15 is 0 Å². The minimum atomic E-state index is -4.46. The Morgan fingerprint density at radius 3 is 2.50 bits per heavy atom. The Bertz CT molecular complexity index is 972. The van der Waals surface area contributed by atoms with Crippen molar-refractivity contribution >= 4 is 7.82 Å². The molecule has 2 bridgehead atoms. The van der Waals surface area contributed by atoms with Crippen LogP contribution in [0.15, 0.2) is 15.8 Å². The van der Waals surface area contributed by atoms with Gasteiger partial charge in [0.05, 0.1) is 12.2 Å². The molecule has 0 radical (unpaired) electrons. The first-order valence-electron chi connectivity index (χ1n) is 9.85. The molecule has 11 heteroatoms. The van der Waals surface area contributed by atoms with Crippen LogP contribution in [0.2, 0.25) is 0 Å². The van der Waals surface area contributed by atoms with Gasteiger partial charge in [0.2, 0.25) is 0 Å². The maximum Gasteiger partial charge on any atom is 0.473 e. The molecule has 3 rings (SSSR count). The van der Waals surface area contributed by atoms with Crippen molar-refractivity contribution in [3.63, 3.8) is 0 Å². The summed E-state index contributed by atoms with van der Waals surface area (Å²) >= 11 is 0. The van der Waals surface area contributed by atoms with Crippen LogP contribution in [0.3, 0.4) is 0 Å². The number of phosphoric acid groups is 1. The summed E-state index contributed by atoms with van der Waals surface area (Å²) in [5, 5.41) is 0. The van der Waals surface area contributed by atoms with Crippen LogP contribution in [0.5, 0.6) is 0 Å². The zero-order chi connectivity index (χ0) is 22.7. The number of hydrogen-bond donors (Lipinski definition) is 2. The average molecular weight is 446 g/mol. The van der Waals surface area contributed by atoms with Gasteiger partial charge in [-0.05, 0) is 39.5 Å². The molecular weight excluding hydrogens is 415 g/mol. The fourth-order valence-corrected chi connectivity index (χ4v) is 5.43. The van der Waals surface area contributed by atoms with Gasteiger partial charge in [-0.3, -0.25) is 23.4 Å². The molecule has 0 saturated carbocycles. The Hall–Kier alpha value is -1.29. The maximum absolute atomic E-state index is 12.7. The summed E-state index contributed by atoms with van der Waals surface area (Å²) in [5.74, 6) is 0. The van der Waals surface area contributed by atoms with Gasteiger partial charge in [-0.15, -0.1) is 0 Å². The molecule has 30 heavy (non-hydrogen) atoms. The fourth-order valence-electron chi connectivity index (χ4n) is 4.10. The number of aromatic amines is 1. The second-order valence-electron chi connectivity index (χ2n) is 10.3. The number of H-pyrrole nitrogens is 1. The predicted molar refractivity (Wildman–Crippen MR) is 108 cm³/mol. The second-order valence-corrected chi connectivity index (χ2v) is 11.6. The smallest absolute Gasteiger partial charge is 0.368 e. The lowest BCUT2D eigenvalue weighted by atomic mass is 9.80. The van der Waals surface area contributed by atoms with Crippen molar-refractivity contribution in [3.8, 4) is 0 Å². The number of phosphoric ester groups is 1. The third-order valence-corrected chi connectivity index (χ3v) is 6.13. The normalized spacial score (nSPS) is 31.1. The highest BCUT2D eigenvalue weighted by Gasteiger charge is 2.65. The van der Waals surface area contributed by atoms with Crippen molar-refractivity contribution < 1.29 is 28.0 Å². The fraction of sp³-hybridized carbons (Fsp3) is 0.789. The van der Waals surface area contributed by atoms with Crippen LogP contribution in [0.4, 0.5) is 0 Å². The van der Waals surface area contributed by atoms with Crippen LogP contribution in [-0.2, 0) is 23.1 Å². The highest BCUT2D eigenvalue weighted by atomic mass is 31.2. The number of rotatable bonds is 5. The van der Waals surface area contributed by atoms with Crippen LogP contribution in [0.25, 0.3) is 0 Å². The minimum Gasteiger partial charge on any atom is -0.368 e. The molecule has 2 fully saturated rings. The van der Waals surface area contributed by atoms with Gasteiger partial charge in [0, 0.05) is 11.8 Å². The van der Waals surface area contributed by atoms with E-state index in [1.54, 1.807) is 27.7 Å². The van der Waals surface area contributed by atoms with Gasteiger partial charge >= 0.3 is 13.5 Å². The molecule has 2 unspecified atom stereocenters. The van der Waals surface area contributed by atoms with E-state index in [0.29, 0.717) is 12.0 Å². The molecule has 10 nitrogen and oxygen atoms in total. The Morgan fingerprint density at radius 1 is 1.30 bits per heavy atom. The van der Waals surface area contributed by atoms with Crippen LogP contribution in [0.1, 0.15) is 59.8 Å². The molecular formula is C19H31N2O8P. The van der Waals surface area contributed by atoms with Crippen molar-refractivity contribution in [2.45, 2.75) is 84.5 Å². The number of aromatic nitrogens is 2. The first-order valence-corrected chi connectivity index (χ1v) is 11.4. The summed E-state index contributed by atoms with van der Waals surface area (Å²) in [6, 6.07) is 0. The summed E-state index contributed by atoms with van der Waals surface area (Å²) in [6.45, 7) is 12.7. The molecule has 3 heterocycles. The lowest BCUT2D eigenvalue weighted by Gasteiger charge is -2.37. The van der Waals surface area contributed by atoms with Crippen LogP contribution >= 0.6 is 7.82 Å². The largest absolute Gasteiger partial charge is 0.473 e. The topological polar surface area (TPSA) is 129 Å². The molecule has 1 aromatic rings. The number of nitrogens with one attached hydrogen (secondary N) is 1. The van der Waals surface area contributed by atoms with Gasteiger partial charge in [-0.2, -0.15) is 0 Å². The minimum absolute atomic E-state index is 0.142. The predicted octanol–water partition coefficient (Wildman–Crippen LogP) is 2.25. The molecule has 1 aromatic heterocycles. The van der Waals surface area contributed by atoms with Gasteiger partial charge in [-0.1, -0.05) is 20.8 Å². The highest BCUT2D eigenvalue weighted by molar-refractivity contribution is 7.47. The van der Waals surface area contributed by atoms with E-state index in [4.69, 9.17) is 18.5 Å². The van der Waals surface area contributed by atoms with E-state index in [0.717, 1.165) is 0 Å². The van der Waals surface area contributed by atoms with Gasteiger partial charge < -0.3 is 14.4 Å². The van der Waals surface area contributed by atoms with E-state index in [1.165, 1.54) is 10.8 Å². The Labute approximate surface area is 175 Å². The maximum atomic E-state index is 12.7. The first kappa shape index (κ1) is 23.4. The van der Waals surface area contributed by atoms with E-state index in [9.17, 15) is 19.0 Å². The van der Waals surface area contributed by atoms with Crippen molar-refractivity contribution in [3.05, 3.63) is 32.6 Å². The first-order chi connectivity index (χ1) is 13.5. The monoisotopic (exact) mass is 446 g/mol. The molecule has 2 saturated heterocycles. The van der Waals surface area contributed by atoms with Crippen molar-refractivity contribution in [2.75, 3.05) is 6.61 Å². The molecule has 0 spiro atoms. The number of hydrogen-bond acceptors (Lipinski definition) is 7. The van der Waals surface area contributed by atoms with Crippen LogP contribution < -0.4 is 11.2 Å². The molecule has 170 valence electrons. The zero-order valence-electron chi connectivity index (χ0n) is 18.4. The standard InChI is InChI=1S/C19H31N2O8P/c1-11-8-21(16(23)20-14(11)22)15-12-13(28-30(24,25)29-18(5,6)7)19(27-15,10-26-12)9-17(2,3)4/h8,12-13,15H,9-10H2,1-7H3,(H,24,25)(H,20,22,23)/t12-,13?,15+,19-/m0/s1. The zero-order valence-corrected chi connectivity index (χ0v) is 19.3. The van der Waals surface area contributed by atoms with Gasteiger partial charge in [0.25, 0.3) is 5.56 Å². The van der Waals surface area contributed by atoms with Crippen LogP contribution in [-0.4, -0.2) is 44.5 Å². The average Bonchev–Trinajstić information content (AvgIpc) is 2.96. The summed E-state index contributed by atoms with van der Waals surface area (Å²) in [6.07, 6.45) is -0.867. The molecule has 2 aliphatic heterocycles. The molecule has 0 aromatic carbocycles. The number of ether oxygens (including phenoxy) is 2. The number of nitrogens with zero attached hydrogens (tertiary/aromatic N) is 1. The third kappa shape index (κ3) is 4.79. The second kappa shape index (κ2) is 7.39. The van der Waals surface area contributed by atoms with E-state index in [2.05, 4.69) is 4.98 Å². The molecule has 0 aliphatic carbocycles. The van der Waals surface area contributed by atoms with Gasteiger partial charge in [0.1, 0.15) is 17.8 Å². The number of aryl methyl sites for hydroxylation is 1. The van der Waals surface area contributed by atoms with E-state index in [1.807, 2.05) is 20.8 Å². The van der Waals surface area contributed by atoms with E-state index < -0.39 is 48.7 Å². The lowest BCUT2D eigenvalue weighted by Crippen LogP contribution is -2.45. The highest BCUT2D eigenvalue weighted by Crippen LogP contribution is 2.58. The Kier molecular flexibility index (Phi) is 5.76. The van der Waals surface area contributed by atoms with E-state index in [-0.39, 0.29) is 12.0 Å². The molecule has 2 aliphatic rings. The lowest BCUT2D eigenvalue weighted by molar-refractivity contribution is -0.184.